The lowest BCUT2D eigenvalue weighted by Gasteiger charge is -2.27. The molecule has 100 valence electrons. The predicted octanol–water partition coefficient (Wildman–Crippen LogP) is 2.75. The normalized spacial score (nSPS) is 18.6. The minimum atomic E-state index is 0.217. The van der Waals surface area contributed by atoms with Gasteiger partial charge in [0.05, 0.1) is 11.6 Å². The van der Waals surface area contributed by atoms with Gasteiger partial charge in [-0.25, -0.2) is 0 Å². The van der Waals surface area contributed by atoms with Gasteiger partial charge in [-0.15, -0.1) is 0 Å². The first-order valence-electron chi connectivity index (χ1n) is 6.36. The molecular formula is C14H20BrNO2. The Labute approximate surface area is 117 Å². The molecule has 1 saturated heterocycles. The van der Waals surface area contributed by atoms with E-state index in [1.165, 1.54) is 5.56 Å². The smallest absolute Gasteiger partial charge is 0.133 e. The summed E-state index contributed by atoms with van der Waals surface area (Å²) in [5.41, 5.74) is 7.55. The van der Waals surface area contributed by atoms with Crippen molar-refractivity contribution < 1.29 is 9.47 Å². The van der Waals surface area contributed by atoms with Crippen LogP contribution in [0.5, 0.6) is 5.75 Å². The lowest BCUT2D eigenvalue weighted by Crippen LogP contribution is -2.36. The van der Waals surface area contributed by atoms with Gasteiger partial charge in [0.15, 0.2) is 0 Å². The average Bonchev–Trinajstić information content (AvgIpc) is 2.40. The lowest BCUT2D eigenvalue weighted by atomic mass is 9.88. The number of halogens is 1. The Balaban J connectivity index is 1.97. The van der Waals surface area contributed by atoms with Crippen molar-refractivity contribution in [3.05, 3.63) is 28.2 Å². The van der Waals surface area contributed by atoms with Crippen LogP contribution in [0.25, 0.3) is 0 Å². The Morgan fingerprint density at radius 1 is 1.44 bits per heavy atom. The SMILES string of the molecule is COc1ccc(CC(N)C2CCOCC2)cc1Br. The maximum Gasteiger partial charge on any atom is 0.133 e. The lowest BCUT2D eigenvalue weighted by molar-refractivity contribution is 0.0585. The quantitative estimate of drug-likeness (QED) is 0.929. The molecule has 1 aliphatic heterocycles. The summed E-state index contributed by atoms with van der Waals surface area (Å²) in [6.45, 7) is 1.70. The summed E-state index contributed by atoms with van der Waals surface area (Å²) < 4.78 is 11.6. The van der Waals surface area contributed by atoms with Crippen LogP contribution in [-0.4, -0.2) is 26.4 Å². The van der Waals surface area contributed by atoms with Crippen molar-refractivity contribution in [2.75, 3.05) is 20.3 Å². The van der Waals surface area contributed by atoms with Gasteiger partial charge in [0.25, 0.3) is 0 Å². The summed E-state index contributed by atoms with van der Waals surface area (Å²) in [6.07, 6.45) is 3.07. The molecule has 2 rings (SSSR count). The minimum Gasteiger partial charge on any atom is -0.496 e. The Bertz CT molecular complexity index is 391. The molecule has 0 aliphatic carbocycles. The molecule has 3 nitrogen and oxygen atoms in total. The van der Waals surface area contributed by atoms with Gasteiger partial charge in [0.1, 0.15) is 5.75 Å². The molecule has 1 fully saturated rings. The van der Waals surface area contributed by atoms with Crippen molar-refractivity contribution in [2.45, 2.75) is 25.3 Å². The first-order chi connectivity index (χ1) is 8.70. The van der Waals surface area contributed by atoms with Crippen LogP contribution in [-0.2, 0) is 11.2 Å². The van der Waals surface area contributed by atoms with E-state index in [2.05, 4.69) is 28.1 Å². The molecule has 0 spiro atoms. The topological polar surface area (TPSA) is 44.5 Å². The van der Waals surface area contributed by atoms with Crippen LogP contribution in [0.15, 0.2) is 22.7 Å². The molecule has 1 atom stereocenters. The summed E-state index contributed by atoms with van der Waals surface area (Å²) in [5, 5.41) is 0. The fraction of sp³-hybridized carbons (Fsp3) is 0.571. The fourth-order valence-electron chi connectivity index (χ4n) is 2.42. The van der Waals surface area contributed by atoms with E-state index in [0.29, 0.717) is 5.92 Å². The van der Waals surface area contributed by atoms with Crippen LogP contribution in [0.3, 0.4) is 0 Å². The molecule has 0 radical (unpaired) electrons. The first-order valence-corrected chi connectivity index (χ1v) is 7.15. The highest BCUT2D eigenvalue weighted by molar-refractivity contribution is 9.10. The number of benzene rings is 1. The van der Waals surface area contributed by atoms with E-state index >= 15 is 0 Å². The van der Waals surface area contributed by atoms with Gasteiger partial charge in [0.2, 0.25) is 0 Å². The number of ether oxygens (including phenoxy) is 2. The van der Waals surface area contributed by atoms with Crippen molar-refractivity contribution in [1.29, 1.82) is 0 Å². The van der Waals surface area contributed by atoms with Crippen molar-refractivity contribution in [3.8, 4) is 5.75 Å². The van der Waals surface area contributed by atoms with E-state index in [1.807, 2.05) is 6.07 Å². The molecule has 1 aromatic rings. The third-order valence-corrected chi connectivity index (χ3v) is 4.18. The number of hydrogen-bond donors (Lipinski definition) is 1. The molecule has 0 amide bonds. The van der Waals surface area contributed by atoms with Gasteiger partial charge in [-0.3, -0.25) is 0 Å². The van der Waals surface area contributed by atoms with Gasteiger partial charge < -0.3 is 15.2 Å². The summed E-state index contributed by atoms with van der Waals surface area (Å²) in [4.78, 5) is 0. The van der Waals surface area contributed by atoms with Crippen LogP contribution < -0.4 is 10.5 Å². The van der Waals surface area contributed by atoms with E-state index < -0.39 is 0 Å². The average molecular weight is 314 g/mol. The van der Waals surface area contributed by atoms with Gasteiger partial charge in [-0.2, -0.15) is 0 Å². The molecule has 2 N–H and O–H groups in total. The highest BCUT2D eigenvalue weighted by atomic mass is 79.9. The molecule has 1 unspecified atom stereocenters. The largest absolute Gasteiger partial charge is 0.496 e. The van der Waals surface area contributed by atoms with Gasteiger partial charge in [-0.1, -0.05) is 6.07 Å². The zero-order chi connectivity index (χ0) is 13.0. The molecule has 1 heterocycles. The molecule has 0 bridgehead atoms. The van der Waals surface area contributed by atoms with Crippen LogP contribution in [0.4, 0.5) is 0 Å². The van der Waals surface area contributed by atoms with E-state index in [-0.39, 0.29) is 6.04 Å². The Morgan fingerprint density at radius 3 is 2.78 bits per heavy atom. The minimum absolute atomic E-state index is 0.217. The molecule has 0 aromatic heterocycles. The zero-order valence-electron chi connectivity index (χ0n) is 10.7. The van der Waals surface area contributed by atoms with Crippen molar-refractivity contribution in [1.82, 2.24) is 0 Å². The van der Waals surface area contributed by atoms with Crippen molar-refractivity contribution in [3.63, 3.8) is 0 Å². The molecule has 18 heavy (non-hydrogen) atoms. The second-order valence-electron chi connectivity index (χ2n) is 4.79. The second-order valence-corrected chi connectivity index (χ2v) is 5.64. The van der Waals surface area contributed by atoms with Crippen LogP contribution in [0.2, 0.25) is 0 Å². The molecule has 0 saturated carbocycles. The van der Waals surface area contributed by atoms with E-state index in [0.717, 1.165) is 42.7 Å². The predicted molar refractivity (Wildman–Crippen MR) is 75.9 cm³/mol. The number of nitrogens with two attached hydrogens (primary N) is 1. The van der Waals surface area contributed by atoms with E-state index in [4.69, 9.17) is 15.2 Å². The third-order valence-electron chi connectivity index (χ3n) is 3.56. The summed E-state index contributed by atoms with van der Waals surface area (Å²) in [7, 11) is 1.67. The molecule has 4 heteroatoms. The molecule has 1 aliphatic rings. The number of rotatable bonds is 4. The van der Waals surface area contributed by atoms with Gasteiger partial charge >= 0.3 is 0 Å². The van der Waals surface area contributed by atoms with Crippen LogP contribution in [0.1, 0.15) is 18.4 Å². The maximum atomic E-state index is 6.30. The molecular weight excluding hydrogens is 294 g/mol. The first kappa shape index (κ1) is 13.8. The Kier molecular flexibility index (Phi) is 5.03. The van der Waals surface area contributed by atoms with Gasteiger partial charge in [0, 0.05) is 19.3 Å². The summed E-state index contributed by atoms with van der Waals surface area (Å²) in [6, 6.07) is 6.38. The van der Waals surface area contributed by atoms with Crippen LogP contribution >= 0.6 is 15.9 Å². The second kappa shape index (κ2) is 6.55. The monoisotopic (exact) mass is 313 g/mol. The van der Waals surface area contributed by atoms with Crippen LogP contribution in [0, 0.1) is 5.92 Å². The summed E-state index contributed by atoms with van der Waals surface area (Å²) >= 11 is 3.51. The van der Waals surface area contributed by atoms with Gasteiger partial charge in [-0.05, 0) is 58.8 Å². The van der Waals surface area contributed by atoms with E-state index in [1.54, 1.807) is 7.11 Å². The fourth-order valence-corrected chi connectivity index (χ4v) is 3.01. The Hall–Kier alpha value is -0.580. The number of methoxy groups -OCH3 is 1. The summed E-state index contributed by atoms with van der Waals surface area (Å²) in [5.74, 6) is 1.44. The Morgan fingerprint density at radius 2 is 2.17 bits per heavy atom. The highest BCUT2D eigenvalue weighted by Gasteiger charge is 2.21. The maximum absolute atomic E-state index is 6.30. The van der Waals surface area contributed by atoms with Crippen molar-refractivity contribution >= 4 is 15.9 Å². The molecule has 1 aromatic carbocycles. The zero-order valence-corrected chi connectivity index (χ0v) is 12.3. The third kappa shape index (κ3) is 3.46. The highest BCUT2D eigenvalue weighted by Crippen LogP contribution is 2.27. The van der Waals surface area contributed by atoms with Crippen molar-refractivity contribution in [2.24, 2.45) is 11.7 Å². The van der Waals surface area contributed by atoms with E-state index in [9.17, 15) is 0 Å². The number of hydrogen-bond acceptors (Lipinski definition) is 3. The standard InChI is InChI=1S/C14H20BrNO2/c1-17-14-3-2-10(8-12(14)15)9-13(16)11-4-6-18-7-5-11/h2-3,8,11,13H,4-7,9,16H2,1H3.